The summed E-state index contributed by atoms with van der Waals surface area (Å²) < 4.78 is 30.8. The van der Waals surface area contributed by atoms with Crippen LogP contribution in [0.15, 0.2) is 73.2 Å². The lowest BCUT2D eigenvalue weighted by Gasteiger charge is -2.16. The Morgan fingerprint density at radius 2 is 1.86 bits per heavy atom. The molecule has 12 heteroatoms. The highest BCUT2D eigenvalue weighted by Gasteiger charge is 2.26. The summed E-state index contributed by atoms with van der Waals surface area (Å²) in [6.07, 6.45) is 8.42. The third-order valence-corrected chi connectivity index (χ3v) is 7.61. The first-order valence-corrected chi connectivity index (χ1v) is 14.8. The molecule has 0 aliphatic rings. The van der Waals surface area contributed by atoms with Gasteiger partial charge in [-0.15, -0.1) is 0 Å². The van der Waals surface area contributed by atoms with Gasteiger partial charge in [-0.2, -0.15) is 5.26 Å². The minimum atomic E-state index is -3.77. The lowest BCUT2D eigenvalue weighted by Crippen LogP contribution is -2.12. The topological polar surface area (TPSA) is 132 Å². The largest absolute Gasteiger partial charge is 0.476 e. The van der Waals surface area contributed by atoms with E-state index in [1.165, 1.54) is 6.08 Å². The minimum Gasteiger partial charge on any atom is -0.323 e. The molecular weight excluding hydrogens is 555 g/mol. The fourth-order valence-electron chi connectivity index (χ4n) is 4.21. The van der Waals surface area contributed by atoms with Gasteiger partial charge in [0, 0.05) is 53.4 Å². The summed E-state index contributed by atoms with van der Waals surface area (Å²) in [5.74, 6) is -0.218. The van der Waals surface area contributed by atoms with Crippen molar-refractivity contribution in [1.29, 1.82) is 5.26 Å². The van der Waals surface area contributed by atoms with Gasteiger partial charge in [0.25, 0.3) is 0 Å². The molecule has 11 nitrogen and oxygen atoms in total. The average molecular weight is 589 g/mol. The maximum Gasteiger partial charge on any atom is 0.476 e. The highest BCUT2D eigenvalue weighted by molar-refractivity contribution is 7.48. The van der Waals surface area contributed by atoms with Crippen molar-refractivity contribution in [2.45, 2.75) is 20.6 Å². The molecule has 1 N–H and O–H groups in total. The van der Waals surface area contributed by atoms with E-state index in [1.807, 2.05) is 55.5 Å². The number of phosphoric acid groups is 1. The molecule has 0 fully saturated rings. The first-order chi connectivity index (χ1) is 20.2. The van der Waals surface area contributed by atoms with Crippen LogP contribution in [0.1, 0.15) is 19.5 Å². The smallest absolute Gasteiger partial charge is 0.323 e. The van der Waals surface area contributed by atoms with Crippen LogP contribution < -0.4 is 5.32 Å². The van der Waals surface area contributed by atoms with Crippen LogP contribution in [0.2, 0.25) is 0 Å². The van der Waals surface area contributed by atoms with Gasteiger partial charge < -0.3 is 14.8 Å². The number of rotatable bonds is 13. The van der Waals surface area contributed by atoms with Crippen molar-refractivity contribution in [1.82, 2.24) is 19.4 Å². The van der Waals surface area contributed by atoms with Crippen LogP contribution in [-0.2, 0) is 29.7 Å². The van der Waals surface area contributed by atoms with Crippen molar-refractivity contribution in [3.05, 3.63) is 78.9 Å². The van der Waals surface area contributed by atoms with Crippen molar-refractivity contribution in [2.75, 3.05) is 39.2 Å². The number of anilines is 1. The lowest BCUT2D eigenvalue weighted by atomic mass is 10.0. The maximum absolute atomic E-state index is 12.9. The number of aromatic nitrogens is 3. The van der Waals surface area contributed by atoms with Crippen molar-refractivity contribution < 1.29 is 22.9 Å². The highest BCUT2D eigenvalue weighted by atomic mass is 31.2. The van der Waals surface area contributed by atoms with E-state index in [4.69, 9.17) is 18.6 Å². The van der Waals surface area contributed by atoms with Crippen LogP contribution in [0.3, 0.4) is 0 Å². The van der Waals surface area contributed by atoms with Crippen molar-refractivity contribution >= 4 is 30.5 Å². The number of hydrogen-bond donors (Lipinski definition) is 1. The van der Waals surface area contributed by atoms with Gasteiger partial charge in [0.15, 0.2) is 0 Å². The Morgan fingerprint density at radius 1 is 1.07 bits per heavy atom. The van der Waals surface area contributed by atoms with Crippen LogP contribution in [0.25, 0.3) is 33.3 Å². The number of hydrogen-bond acceptors (Lipinski definition) is 9. The van der Waals surface area contributed by atoms with E-state index in [0.29, 0.717) is 17.9 Å². The molecule has 0 aliphatic carbocycles. The molecule has 0 spiro atoms. The monoisotopic (exact) mass is 588 g/mol. The molecule has 4 rings (SSSR count). The van der Waals surface area contributed by atoms with E-state index in [1.54, 1.807) is 49.0 Å². The summed E-state index contributed by atoms with van der Waals surface area (Å²) in [7, 11) is 0.0935. The Labute approximate surface area is 245 Å². The standard InChI is InChI=1S/C30H33N6O5P/c1-5-39-42(38,40-6-2)41-21-36-20-28(23-12-13-32-26(16-23)18-31)27-17-24(19-33-30(27)36)22-9-7-10-25(15-22)34-29(37)11-8-14-35(3)4/h7-13,15-17,19-20H,5-6,14,21H2,1-4H3,(H,34,37). The number of carbonyl (C=O) groups is 1. The number of nitrogens with one attached hydrogen (secondary N) is 1. The summed E-state index contributed by atoms with van der Waals surface area (Å²) in [6, 6.07) is 15.0. The molecule has 0 unspecified atom stereocenters. The van der Waals surface area contributed by atoms with E-state index >= 15 is 0 Å². The van der Waals surface area contributed by atoms with Gasteiger partial charge >= 0.3 is 7.82 Å². The number of fused-ring (bicyclic) bond motifs is 1. The quantitative estimate of drug-likeness (QED) is 0.151. The van der Waals surface area contributed by atoms with Crippen LogP contribution in [-0.4, -0.2) is 59.2 Å². The van der Waals surface area contributed by atoms with E-state index in [2.05, 4.69) is 16.4 Å². The molecule has 1 aromatic carbocycles. The summed E-state index contributed by atoms with van der Waals surface area (Å²) in [5, 5.41) is 13.1. The molecule has 0 saturated carbocycles. The number of likely N-dealkylation sites (N-methyl/N-ethyl adjacent to an activating group) is 1. The van der Waals surface area contributed by atoms with Gasteiger partial charge in [-0.05, 0) is 69.4 Å². The highest BCUT2D eigenvalue weighted by Crippen LogP contribution is 2.49. The first-order valence-electron chi connectivity index (χ1n) is 13.4. The normalized spacial score (nSPS) is 11.8. The van der Waals surface area contributed by atoms with E-state index in [9.17, 15) is 14.6 Å². The second-order valence-electron chi connectivity index (χ2n) is 9.42. The Balaban J connectivity index is 1.71. The predicted molar refractivity (Wildman–Crippen MR) is 161 cm³/mol. The van der Waals surface area contributed by atoms with Crippen molar-refractivity contribution in [3.8, 4) is 28.3 Å². The van der Waals surface area contributed by atoms with Crippen LogP contribution in [0, 0.1) is 11.3 Å². The molecule has 0 atom stereocenters. The van der Waals surface area contributed by atoms with Crippen molar-refractivity contribution in [3.63, 3.8) is 0 Å². The van der Waals surface area contributed by atoms with Gasteiger partial charge in [-0.3, -0.25) is 18.4 Å². The zero-order valence-electron chi connectivity index (χ0n) is 24.0. The predicted octanol–water partition coefficient (Wildman–Crippen LogP) is 5.85. The number of carbonyl (C=O) groups excluding carboxylic acids is 1. The Morgan fingerprint density at radius 3 is 2.57 bits per heavy atom. The summed E-state index contributed by atoms with van der Waals surface area (Å²) in [4.78, 5) is 23.1. The molecule has 42 heavy (non-hydrogen) atoms. The third-order valence-electron chi connectivity index (χ3n) is 6.03. The second kappa shape index (κ2) is 14.1. The third kappa shape index (κ3) is 7.76. The van der Waals surface area contributed by atoms with E-state index in [-0.39, 0.29) is 31.5 Å². The van der Waals surface area contributed by atoms with Gasteiger partial charge in [-0.1, -0.05) is 18.2 Å². The number of phosphoric ester groups is 1. The van der Waals surface area contributed by atoms with E-state index < -0.39 is 7.82 Å². The molecule has 0 saturated heterocycles. The zero-order valence-corrected chi connectivity index (χ0v) is 24.9. The van der Waals surface area contributed by atoms with Gasteiger partial charge in [0.2, 0.25) is 5.91 Å². The van der Waals surface area contributed by atoms with Crippen molar-refractivity contribution in [2.24, 2.45) is 0 Å². The molecule has 4 aromatic rings. The molecule has 0 bridgehead atoms. The molecule has 1 amide bonds. The van der Waals surface area contributed by atoms with Gasteiger partial charge in [-0.25, -0.2) is 14.5 Å². The lowest BCUT2D eigenvalue weighted by molar-refractivity contribution is -0.111. The number of amides is 1. The summed E-state index contributed by atoms with van der Waals surface area (Å²) in [5.41, 5.74) is 4.68. The number of nitrogens with zero attached hydrogens (tertiary/aromatic N) is 5. The number of pyridine rings is 2. The SMILES string of the molecule is CCOP(=O)(OCC)OCn1cc(-c2ccnc(C#N)c2)c2cc(-c3cccc(NC(=O)C=CCN(C)C)c3)cnc21. The molecule has 0 aliphatic heterocycles. The molecule has 218 valence electrons. The molecule has 3 aromatic heterocycles. The molecule has 0 radical (unpaired) electrons. The number of nitriles is 1. The van der Waals surface area contributed by atoms with Crippen LogP contribution >= 0.6 is 7.82 Å². The zero-order chi connectivity index (χ0) is 30.1. The fraction of sp³-hybridized carbons (Fsp3) is 0.267. The number of benzene rings is 1. The Hall–Kier alpha value is -4.17. The first kappa shape index (κ1) is 30.8. The average Bonchev–Trinajstić information content (AvgIpc) is 3.34. The van der Waals surface area contributed by atoms with Gasteiger partial charge in [0.05, 0.1) is 13.2 Å². The Kier molecular flexibility index (Phi) is 10.4. The van der Waals surface area contributed by atoms with Crippen LogP contribution in [0.4, 0.5) is 5.69 Å². The van der Waals surface area contributed by atoms with Crippen LogP contribution in [0.5, 0.6) is 0 Å². The molecule has 3 heterocycles. The maximum atomic E-state index is 12.9. The second-order valence-corrected chi connectivity index (χ2v) is 11.1. The summed E-state index contributed by atoms with van der Waals surface area (Å²) >= 11 is 0. The summed E-state index contributed by atoms with van der Waals surface area (Å²) in [6.45, 7) is 4.26. The molecular formula is C30H33N6O5P. The fourth-order valence-corrected chi connectivity index (χ4v) is 5.33. The van der Waals surface area contributed by atoms with E-state index in [0.717, 1.165) is 27.6 Å². The minimum absolute atomic E-state index is 0.140. The Bertz CT molecular complexity index is 1670. The van der Waals surface area contributed by atoms with Gasteiger partial charge in [0.1, 0.15) is 24.1 Å².